The van der Waals surface area contributed by atoms with Crippen LogP contribution in [0.1, 0.15) is 11.1 Å². The van der Waals surface area contributed by atoms with Crippen LogP contribution in [0.25, 0.3) is 11.2 Å². The van der Waals surface area contributed by atoms with Crippen LogP contribution >= 0.6 is 12.2 Å². The number of anilines is 1. The van der Waals surface area contributed by atoms with E-state index in [0.29, 0.717) is 36.7 Å². The second-order valence-electron chi connectivity index (χ2n) is 7.89. The molecular formula is C21H27N7O2S. The van der Waals surface area contributed by atoms with Crippen LogP contribution in [0.15, 0.2) is 33.9 Å². The van der Waals surface area contributed by atoms with Gasteiger partial charge < -0.3 is 15.1 Å². The second-order valence-corrected chi connectivity index (χ2v) is 8.28. The second kappa shape index (κ2) is 8.18. The maximum absolute atomic E-state index is 13.1. The van der Waals surface area contributed by atoms with Crippen molar-refractivity contribution in [2.75, 3.05) is 38.1 Å². The minimum absolute atomic E-state index is 0.334. The van der Waals surface area contributed by atoms with Gasteiger partial charge in [-0.05, 0) is 24.7 Å². The van der Waals surface area contributed by atoms with E-state index in [9.17, 15) is 9.59 Å². The van der Waals surface area contributed by atoms with Gasteiger partial charge in [0, 0.05) is 47.3 Å². The molecule has 1 N–H and O–H groups in total. The lowest BCUT2D eigenvalue weighted by atomic mass is 10.1. The SMILES string of the molecule is CNC(=S)N1CCN(c2nc3c(c(=O)n(C)c(=O)n3C)n2Cc2ccc(C)cc2)CC1. The quantitative estimate of drug-likeness (QED) is 0.590. The third kappa shape index (κ3) is 3.71. The molecule has 2 aromatic heterocycles. The van der Waals surface area contributed by atoms with Gasteiger partial charge in [0.25, 0.3) is 5.56 Å². The van der Waals surface area contributed by atoms with E-state index in [0.717, 1.165) is 28.3 Å². The minimum Gasteiger partial charge on any atom is -0.366 e. The van der Waals surface area contributed by atoms with Gasteiger partial charge in [-0.1, -0.05) is 29.8 Å². The van der Waals surface area contributed by atoms with Gasteiger partial charge in [0.2, 0.25) is 5.95 Å². The van der Waals surface area contributed by atoms with E-state index in [-0.39, 0.29) is 11.2 Å². The van der Waals surface area contributed by atoms with Gasteiger partial charge in [-0.2, -0.15) is 4.98 Å². The summed E-state index contributed by atoms with van der Waals surface area (Å²) in [5, 5.41) is 3.75. The third-order valence-corrected chi connectivity index (χ3v) is 6.32. The number of aryl methyl sites for hydroxylation is 2. The van der Waals surface area contributed by atoms with E-state index in [4.69, 9.17) is 17.2 Å². The topological polar surface area (TPSA) is 80.3 Å². The number of thiocarbonyl (C=S) groups is 1. The van der Waals surface area contributed by atoms with Crippen LogP contribution in [0.2, 0.25) is 0 Å². The molecule has 0 unspecified atom stereocenters. The first-order chi connectivity index (χ1) is 14.8. The molecule has 10 heteroatoms. The van der Waals surface area contributed by atoms with Crippen molar-refractivity contribution >= 4 is 34.4 Å². The lowest BCUT2D eigenvalue weighted by molar-refractivity contribution is 0.378. The Morgan fingerprint density at radius 3 is 2.32 bits per heavy atom. The zero-order valence-corrected chi connectivity index (χ0v) is 19.1. The standard InChI is InChI=1S/C21H27N7O2S/c1-14-5-7-15(8-6-14)13-28-16-17(24(3)21(30)25(4)18(16)29)23-19(28)26-9-11-27(12-10-26)20(31)22-2/h5-8H,9-13H2,1-4H3,(H,22,31). The minimum atomic E-state index is -0.381. The van der Waals surface area contributed by atoms with Gasteiger partial charge >= 0.3 is 5.69 Å². The summed E-state index contributed by atoms with van der Waals surface area (Å²) in [6.07, 6.45) is 0. The smallest absolute Gasteiger partial charge is 0.332 e. The van der Waals surface area contributed by atoms with Gasteiger partial charge in [0.05, 0.1) is 6.54 Å². The van der Waals surface area contributed by atoms with Crippen LogP contribution in [-0.2, 0) is 20.6 Å². The van der Waals surface area contributed by atoms with Crippen LogP contribution in [-0.4, -0.2) is 61.9 Å². The highest BCUT2D eigenvalue weighted by Gasteiger charge is 2.26. The number of rotatable bonds is 3. The lowest BCUT2D eigenvalue weighted by Gasteiger charge is -2.36. The van der Waals surface area contributed by atoms with Gasteiger partial charge in [0.15, 0.2) is 16.3 Å². The summed E-state index contributed by atoms with van der Waals surface area (Å²) in [7, 11) is 4.98. The summed E-state index contributed by atoms with van der Waals surface area (Å²) in [6.45, 7) is 5.48. The average molecular weight is 442 g/mol. The first-order valence-electron chi connectivity index (χ1n) is 10.2. The molecule has 1 saturated heterocycles. The van der Waals surface area contributed by atoms with E-state index in [1.807, 2.05) is 18.5 Å². The Bertz CT molecular complexity index is 1250. The number of imidazole rings is 1. The van der Waals surface area contributed by atoms with Crippen LogP contribution in [0.3, 0.4) is 0 Å². The number of hydrogen-bond acceptors (Lipinski definition) is 5. The fourth-order valence-corrected chi connectivity index (χ4v) is 4.15. The molecule has 164 valence electrons. The van der Waals surface area contributed by atoms with Crippen molar-refractivity contribution in [1.29, 1.82) is 0 Å². The fraction of sp³-hybridized carbons (Fsp3) is 0.429. The Labute approximate surface area is 185 Å². The molecule has 0 spiro atoms. The van der Waals surface area contributed by atoms with Crippen molar-refractivity contribution in [3.05, 3.63) is 56.2 Å². The molecule has 0 atom stereocenters. The number of fused-ring (bicyclic) bond motifs is 1. The predicted molar refractivity (Wildman–Crippen MR) is 126 cm³/mol. The summed E-state index contributed by atoms with van der Waals surface area (Å²) >= 11 is 5.36. The van der Waals surface area contributed by atoms with E-state index in [1.54, 1.807) is 7.05 Å². The highest BCUT2D eigenvalue weighted by molar-refractivity contribution is 7.80. The van der Waals surface area contributed by atoms with E-state index in [2.05, 4.69) is 39.4 Å². The molecule has 0 amide bonds. The number of nitrogens with one attached hydrogen (secondary N) is 1. The number of nitrogens with zero attached hydrogens (tertiary/aromatic N) is 6. The first-order valence-corrected chi connectivity index (χ1v) is 10.7. The molecule has 31 heavy (non-hydrogen) atoms. The number of aromatic nitrogens is 4. The third-order valence-electron chi connectivity index (χ3n) is 5.85. The monoisotopic (exact) mass is 441 g/mol. The summed E-state index contributed by atoms with van der Waals surface area (Å²) in [5.74, 6) is 0.698. The molecule has 3 heterocycles. The Hall–Kier alpha value is -3.14. The highest BCUT2D eigenvalue weighted by atomic mass is 32.1. The fourth-order valence-electron chi connectivity index (χ4n) is 3.97. The summed E-state index contributed by atoms with van der Waals surface area (Å²) < 4.78 is 4.52. The van der Waals surface area contributed by atoms with Crippen LogP contribution in [0.4, 0.5) is 5.95 Å². The molecule has 9 nitrogen and oxygen atoms in total. The van der Waals surface area contributed by atoms with Crippen molar-refractivity contribution < 1.29 is 0 Å². The van der Waals surface area contributed by atoms with Crippen LogP contribution < -0.4 is 21.5 Å². The average Bonchev–Trinajstić information content (AvgIpc) is 3.16. The molecule has 0 bridgehead atoms. The molecule has 1 fully saturated rings. The Morgan fingerprint density at radius 1 is 1.06 bits per heavy atom. The van der Waals surface area contributed by atoms with Crippen molar-refractivity contribution in [1.82, 2.24) is 28.9 Å². The molecule has 4 rings (SSSR count). The maximum atomic E-state index is 13.1. The zero-order valence-electron chi connectivity index (χ0n) is 18.3. The van der Waals surface area contributed by atoms with Crippen molar-refractivity contribution in [3.63, 3.8) is 0 Å². The van der Waals surface area contributed by atoms with Crippen LogP contribution in [0.5, 0.6) is 0 Å². The first kappa shape index (κ1) is 21.1. The van der Waals surface area contributed by atoms with Crippen molar-refractivity contribution in [2.24, 2.45) is 14.1 Å². The lowest BCUT2D eigenvalue weighted by Crippen LogP contribution is -2.51. The van der Waals surface area contributed by atoms with E-state index < -0.39 is 0 Å². The molecule has 0 saturated carbocycles. The van der Waals surface area contributed by atoms with Gasteiger partial charge in [-0.3, -0.25) is 18.5 Å². The van der Waals surface area contributed by atoms with Crippen molar-refractivity contribution in [3.8, 4) is 0 Å². The highest BCUT2D eigenvalue weighted by Crippen LogP contribution is 2.23. The molecule has 1 aliphatic heterocycles. The number of piperazine rings is 1. The van der Waals surface area contributed by atoms with Gasteiger partial charge in [0.1, 0.15) is 0 Å². The number of hydrogen-bond donors (Lipinski definition) is 1. The molecule has 0 radical (unpaired) electrons. The van der Waals surface area contributed by atoms with E-state index in [1.165, 1.54) is 17.2 Å². The van der Waals surface area contributed by atoms with Crippen molar-refractivity contribution in [2.45, 2.75) is 13.5 Å². The van der Waals surface area contributed by atoms with E-state index >= 15 is 0 Å². The predicted octanol–water partition coefficient (Wildman–Crippen LogP) is 0.417. The van der Waals surface area contributed by atoms with Gasteiger partial charge in [-0.25, -0.2) is 4.79 Å². The summed E-state index contributed by atoms with van der Waals surface area (Å²) in [4.78, 5) is 34.6. The molecule has 1 aromatic carbocycles. The number of benzene rings is 1. The Kier molecular flexibility index (Phi) is 5.57. The molecule has 3 aromatic rings. The zero-order chi connectivity index (χ0) is 22.3. The molecule has 1 aliphatic rings. The normalized spacial score (nSPS) is 14.3. The Balaban J connectivity index is 1.82. The molecular weight excluding hydrogens is 414 g/mol. The summed E-state index contributed by atoms with van der Waals surface area (Å²) in [6, 6.07) is 8.22. The Morgan fingerprint density at radius 2 is 1.71 bits per heavy atom. The van der Waals surface area contributed by atoms with Crippen LogP contribution in [0, 0.1) is 6.92 Å². The largest absolute Gasteiger partial charge is 0.366 e. The molecule has 0 aliphatic carbocycles. The summed E-state index contributed by atoms with van der Waals surface area (Å²) in [5.41, 5.74) is 2.37. The van der Waals surface area contributed by atoms with Gasteiger partial charge in [-0.15, -0.1) is 0 Å². The maximum Gasteiger partial charge on any atom is 0.332 e.